The van der Waals surface area contributed by atoms with Crippen LogP contribution < -0.4 is 0 Å². The highest BCUT2D eigenvalue weighted by atomic mass is 32.2. The van der Waals surface area contributed by atoms with Crippen LogP contribution in [0.5, 0.6) is 0 Å². The van der Waals surface area contributed by atoms with E-state index in [1.165, 1.54) is 28.7 Å². The van der Waals surface area contributed by atoms with Crippen LogP contribution in [0, 0.1) is 0 Å². The molecule has 29 heavy (non-hydrogen) atoms. The summed E-state index contributed by atoms with van der Waals surface area (Å²) in [6.07, 6.45) is -3.49. The average Bonchev–Trinajstić information content (AvgIpc) is 2.68. The highest BCUT2D eigenvalue weighted by molar-refractivity contribution is 7.99. The van der Waals surface area contributed by atoms with E-state index in [9.17, 15) is 21.6 Å². The Balaban J connectivity index is 1.98. The third-order valence-corrected chi connectivity index (χ3v) is 7.06. The zero-order valence-corrected chi connectivity index (χ0v) is 17.1. The second-order valence-corrected chi connectivity index (χ2v) is 8.84. The van der Waals surface area contributed by atoms with Gasteiger partial charge in [0, 0.05) is 24.7 Å². The number of alkyl halides is 3. The Kier molecular flexibility index (Phi) is 6.11. The van der Waals surface area contributed by atoms with Crippen molar-refractivity contribution in [3.8, 4) is 0 Å². The lowest BCUT2D eigenvalue weighted by atomic mass is 10.2. The molecule has 0 aliphatic rings. The number of pyridine rings is 1. The third kappa shape index (κ3) is 4.51. The molecule has 0 atom stereocenters. The van der Waals surface area contributed by atoms with Crippen molar-refractivity contribution in [1.29, 1.82) is 0 Å². The lowest BCUT2D eigenvalue weighted by Crippen LogP contribution is -2.30. The minimum absolute atomic E-state index is 0.0223. The summed E-state index contributed by atoms with van der Waals surface area (Å²) in [5.41, 5.74) is 0.165. The Morgan fingerprint density at radius 3 is 2.31 bits per heavy atom. The van der Waals surface area contributed by atoms with Crippen LogP contribution in [0.3, 0.4) is 0 Å². The molecule has 0 fully saturated rings. The first-order valence-electron chi connectivity index (χ1n) is 8.64. The monoisotopic (exact) mass is 442 g/mol. The van der Waals surface area contributed by atoms with Gasteiger partial charge in [0.1, 0.15) is 14.9 Å². The molecule has 0 aliphatic heterocycles. The summed E-state index contributed by atoms with van der Waals surface area (Å²) in [4.78, 5) is 11.4. The summed E-state index contributed by atoms with van der Waals surface area (Å²) in [5, 5.41) is 0.863. The number of benzene rings is 1. The van der Waals surface area contributed by atoms with E-state index in [-0.39, 0.29) is 15.4 Å². The first-order valence-corrected chi connectivity index (χ1v) is 10.9. The van der Waals surface area contributed by atoms with Gasteiger partial charge in [-0.1, -0.05) is 32.0 Å². The topological polar surface area (TPSA) is 76.1 Å². The summed E-state index contributed by atoms with van der Waals surface area (Å²) in [7, 11) is -3.66. The van der Waals surface area contributed by atoms with Crippen LogP contribution in [-0.2, 0) is 16.2 Å². The first kappa shape index (κ1) is 21.5. The van der Waals surface area contributed by atoms with E-state index in [1.807, 2.05) is 0 Å². The molecular weight excluding hydrogens is 425 g/mol. The van der Waals surface area contributed by atoms with E-state index >= 15 is 0 Å². The van der Waals surface area contributed by atoms with Gasteiger partial charge < -0.3 is 0 Å². The molecule has 0 bridgehead atoms. The molecule has 0 spiro atoms. The summed E-state index contributed by atoms with van der Waals surface area (Å²) in [6.45, 7) is 4.11. The number of aromatic nitrogens is 3. The Bertz CT molecular complexity index is 1120. The molecule has 0 radical (unpaired) electrons. The van der Waals surface area contributed by atoms with E-state index in [0.29, 0.717) is 23.5 Å². The molecule has 6 nitrogen and oxygen atoms in total. The minimum Gasteiger partial charge on any atom is -0.248 e. The number of halogens is 3. The third-order valence-electron chi connectivity index (χ3n) is 4.08. The van der Waals surface area contributed by atoms with Gasteiger partial charge in [0.15, 0.2) is 0 Å². The summed E-state index contributed by atoms with van der Waals surface area (Å²) in [5.74, 6) is -1.24. The highest BCUT2D eigenvalue weighted by Gasteiger charge is 2.35. The molecule has 1 aromatic carbocycles. The highest BCUT2D eigenvalue weighted by Crippen LogP contribution is 2.34. The van der Waals surface area contributed by atoms with Gasteiger partial charge >= 0.3 is 6.18 Å². The van der Waals surface area contributed by atoms with Crippen LogP contribution in [0.2, 0.25) is 0 Å². The van der Waals surface area contributed by atoms with Gasteiger partial charge in [0.2, 0.25) is 15.8 Å². The molecule has 0 saturated carbocycles. The van der Waals surface area contributed by atoms with Crippen molar-refractivity contribution in [2.75, 3.05) is 13.1 Å². The fourth-order valence-electron chi connectivity index (χ4n) is 2.64. The van der Waals surface area contributed by atoms with E-state index in [2.05, 4.69) is 15.0 Å². The van der Waals surface area contributed by atoms with Crippen molar-refractivity contribution in [2.45, 2.75) is 35.0 Å². The van der Waals surface area contributed by atoms with Crippen LogP contribution >= 0.6 is 11.8 Å². The molecule has 3 aromatic rings. The molecule has 0 saturated heterocycles. The van der Waals surface area contributed by atoms with Crippen molar-refractivity contribution in [3.63, 3.8) is 0 Å². The van der Waals surface area contributed by atoms with Crippen molar-refractivity contribution >= 4 is 32.7 Å². The van der Waals surface area contributed by atoms with Gasteiger partial charge in [-0.2, -0.15) is 17.5 Å². The Labute approximate surface area is 170 Å². The number of hydrogen-bond donors (Lipinski definition) is 0. The molecule has 154 valence electrons. The lowest BCUT2D eigenvalue weighted by molar-refractivity contribution is -0.145. The number of hydrogen-bond acceptors (Lipinski definition) is 6. The van der Waals surface area contributed by atoms with E-state index in [0.717, 1.165) is 11.8 Å². The fourth-order valence-corrected chi connectivity index (χ4v) is 4.90. The maximum Gasteiger partial charge on any atom is 0.451 e. The Morgan fingerprint density at radius 1 is 1.03 bits per heavy atom. The summed E-state index contributed by atoms with van der Waals surface area (Å²) >= 11 is 0.916. The molecule has 11 heteroatoms. The van der Waals surface area contributed by atoms with Crippen molar-refractivity contribution in [3.05, 3.63) is 48.4 Å². The number of fused-ring (bicyclic) bond motifs is 1. The molecule has 2 heterocycles. The van der Waals surface area contributed by atoms with Crippen LogP contribution in [0.15, 0.2) is 57.5 Å². The zero-order chi connectivity index (χ0) is 21.2. The maximum atomic E-state index is 13.1. The number of nitrogens with zero attached hydrogens (tertiary/aromatic N) is 4. The van der Waals surface area contributed by atoms with Gasteiger partial charge in [-0.15, -0.1) is 0 Å². The standard InChI is InChI=1S/C18H17F3N4O2S2/c1-3-25(4-2)29(26,27)12-9-10-15(22-11-12)28-16-13-7-5-6-8-14(13)23-17(24-16)18(19,20)21/h5-11H,3-4H2,1-2H3. The van der Waals surface area contributed by atoms with Crippen LogP contribution in [0.25, 0.3) is 10.9 Å². The number of rotatable bonds is 6. The number of sulfonamides is 1. The smallest absolute Gasteiger partial charge is 0.248 e. The van der Waals surface area contributed by atoms with Gasteiger partial charge in [0.05, 0.1) is 5.52 Å². The largest absolute Gasteiger partial charge is 0.451 e. The second-order valence-electron chi connectivity index (χ2n) is 5.89. The molecular formula is C18H17F3N4O2S2. The molecule has 0 amide bonds. The summed E-state index contributed by atoms with van der Waals surface area (Å²) < 4.78 is 65.8. The quantitative estimate of drug-likeness (QED) is 0.532. The van der Waals surface area contributed by atoms with Crippen molar-refractivity contribution in [2.24, 2.45) is 0 Å². The van der Waals surface area contributed by atoms with Crippen molar-refractivity contribution in [1.82, 2.24) is 19.3 Å². The molecule has 0 aliphatic carbocycles. The van der Waals surface area contributed by atoms with Crippen LogP contribution in [0.1, 0.15) is 19.7 Å². The Morgan fingerprint density at radius 2 is 1.72 bits per heavy atom. The average molecular weight is 442 g/mol. The van der Waals surface area contributed by atoms with E-state index in [1.54, 1.807) is 32.0 Å². The zero-order valence-electron chi connectivity index (χ0n) is 15.5. The van der Waals surface area contributed by atoms with Gasteiger partial charge in [-0.3, -0.25) is 0 Å². The number of para-hydroxylation sites is 1. The van der Waals surface area contributed by atoms with Crippen LogP contribution in [-0.4, -0.2) is 40.8 Å². The predicted molar refractivity (Wildman–Crippen MR) is 103 cm³/mol. The first-order chi connectivity index (χ1) is 13.7. The van der Waals surface area contributed by atoms with Crippen molar-refractivity contribution < 1.29 is 21.6 Å². The lowest BCUT2D eigenvalue weighted by Gasteiger charge is -2.18. The van der Waals surface area contributed by atoms with Gasteiger partial charge in [-0.05, 0) is 30.0 Å². The molecule has 3 rings (SSSR count). The van der Waals surface area contributed by atoms with Gasteiger partial charge in [-0.25, -0.2) is 23.4 Å². The second kappa shape index (κ2) is 8.25. The Hall–Kier alpha value is -2.24. The van der Waals surface area contributed by atoms with E-state index in [4.69, 9.17) is 0 Å². The molecule has 0 unspecified atom stereocenters. The van der Waals surface area contributed by atoms with Gasteiger partial charge in [0.25, 0.3) is 0 Å². The normalized spacial score (nSPS) is 12.6. The maximum absolute atomic E-state index is 13.1. The van der Waals surface area contributed by atoms with Crippen LogP contribution in [0.4, 0.5) is 13.2 Å². The fraction of sp³-hybridized carbons (Fsp3) is 0.278. The van der Waals surface area contributed by atoms with E-state index < -0.39 is 22.0 Å². The molecule has 0 N–H and O–H groups in total. The SMILES string of the molecule is CCN(CC)S(=O)(=O)c1ccc(Sc2nc(C(F)(F)F)nc3ccccc23)nc1. The summed E-state index contributed by atoms with van der Waals surface area (Å²) in [6, 6.07) is 9.20. The predicted octanol–water partition coefficient (Wildman–Crippen LogP) is 4.23. The minimum atomic E-state index is -4.69. The molecule has 2 aromatic heterocycles.